The van der Waals surface area contributed by atoms with Crippen molar-refractivity contribution in [2.24, 2.45) is 0 Å². The Morgan fingerprint density at radius 3 is 3.00 bits per heavy atom. The van der Waals surface area contributed by atoms with Crippen molar-refractivity contribution in [1.82, 2.24) is 13.5 Å². The van der Waals surface area contributed by atoms with Crippen LogP contribution in [0.15, 0.2) is 23.1 Å². The van der Waals surface area contributed by atoms with Crippen LogP contribution in [-0.2, 0) is 10.0 Å². The lowest BCUT2D eigenvalue weighted by molar-refractivity contribution is 0.580. The molecule has 0 bridgehead atoms. The first-order valence-corrected chi connectivity index (χ1v) is 7.44. The van der Waals surface area contributed by atoms with E-state index in [1.165, 1.54) is 6.07 Å². The number of rotatable bonds is 5. The summed E-state index contributed by atoms with van der Waals surface area (Å²) in [5.41, 5.74) is 0.954. The first kappa shape index (κ1) is 12.9. The Kier molecular flexibility index (Phi) is 3.86. The largest absolute Gasteiger partial charge is 0.242 e. The van der Waals surface area contributed by atoms with Crippen molar-refractivity contribution in [3.63, 3.8) is 0 Å². The Morgan fingerprint density at radius 1 is 1.39 bits per heavy atom. The first-order chi connectivity index (χ1) is 8.65. The zero-order valence-corrected chi connectivity index (χ0v) is 11.0. The molecule has 94 valence electrons. The maximum atomic E-state index is 12.1. The van der Waals surface area contributed by atoms with Gasteiger partial charge in [0.25, 0.3) is 0 Å². The number of hydrogen-bond acceptors (Lipinski definition) is 6. The molecule has 8 heteroatoms. The van der Waals surface area contributed by atoms with Gasteiger partial charge >= 0.3 is 0 Å². The number of fused-ring (bicyclic) bond motifs is 1. The average Bonchev–Trinajstić information content (AvgIpc) is 2.82. The SMILES string of the molecule is N#CCCCNS(=O)(=O)c1cccc2nsnc12. The molecule has 1 aromatic carbocycles. The summed E-state index contributed by atoms with van der Waals surface area (Å²) in [6, 6.07) is 6.81. The van der Waals surface area contributed by atoms with Gasteiger partial charge in [-0.3, -0.25) is 0 Å². The molecule has 1 N–H and O–H groups in total. The van der Waals surface area contributed by atoms with Crippen LogP contribution in [0.1, 0.15) is 12.8 Å². The molecule has 0 unspecified atom stereocenters. The average molecular weight is 282 g/mol. The molecule has 0 radical (unpaired) electrons. The van der Waals surface area contributed by atoms with Crippen LogP contribution < -0.4 is 4.72 Å². The molecule has 0 atom stereocenters. The summed E-state index contributed by atoms with van der Waals surface area (Å²) >= 11 is 0.980. The molecule has 0 aliphatic heterocycles. The van der Waals surface area contributed by atoms with Gasteiger partial charge < -0.3 is 0 Å². The van der Waals surface area contributed by atoms with E-state index in [0.29, 0.717) is 23.9 Å². The normalized spacial score (nSPS) is 11.5. The third-order valence-corrected chi connectivity index (χ3v) is 4.33. The highest BCUT2D eigenvalue weighted by Gasteiger charge is 2.18. The maximum absolute atomic E-state index is 12.1. The Bertz CT molecular complexity index is 687. The van der Waals surface area contributed by atoms with E-state index in [4.69, 9.17) is 5.26 Å². The van der Waals surface area contributed by atoms with Crippen molar-refractivity contribution in [2.75, 3.05) is 6.54 Å². The van der Waals surface area contributed by atoms with Gasteiger partial charge in [-0.2, -0.15) is 14.0 Å². The topological polar surface area (TPSA) is 95.7 Å². The lowest BCUT2D eigenvalue weighted by Gasteiger charge is -2.05. The smallest absolute Gasteiger partial charge is 0.211 e. The van der Waals surface area contributed by atoms with E-state index >= 15 is 0 Å². The second-order valence-electron chi connectivity index (χ2n) is 3.55. The van der Waals surface area contributed by atoms with Crippen LogP contribution in [0.25, 0.3) is 11.0 Å². The van der Waals surface area contributed by atoms with Crippen LogP contribution >= 0.6 is 11.7 Å². The predicted octanol–water partition coefficient (Wildman–Crippen LogP) is 1.27. The number of aromatic nitrogens is 2. The summed E-state index contributed by atoms with van der Waals surface area (Å²) in [5, 5.41) is 8.38. The van der Waals surface area contributed by atoms with E-state index in [-0.39, 0.29) is 11.4 Å². The Morgan fingerprint density at radius 2 is 2.22 bits per heavy atom. The summed E-state index contributed by atoms with van der Waals surface area (Å²) in [5.74, 6) is 0. The molecule has 18 heavy (non-hydrogen) atoms. The van der Waals surface area contributed by atoms with Gasteiger partial charge in [-0.25, -0.2) is 13.1 Å². The van der Waals surface area contributed by atoms with Crippen molar-refractivity contribution in [3.8, 4) is 6.07 Å². The highest BCUT2D eigenvalue weighted by Crippen LogP contribution is 2.20. The lowest BCUT2D eigenvalue weighted by Crippen LogP contribution is -2.25. The van der Waals surface area contributed by atoms with Crippen molar-refractivity contribution in [2.45, 2.75) is 17.7 Å². The monoisotopic (exact) mass is 282 g/mol. The van der Waals surface area contributed by atoms with Crippen LogP contribution in [0, 0.1) is 11.3 Å². The third kappa shape index (κ3) is 2.64. The van der Waals surface area contributed by atoms with Crippen LogP contribution in [0.5, 0.6) is 0 Å². The third-order valence-electron chi connectivity index (χ3n) is 2.30. The molecule has 1 aromatic heterocycles. The highest BCUT2D eigenvalue weighted by molar-refractivity contribution is 7.89. The van der Waals surface area contributed by atoms with E-state index in [1.54, 1.807) is 12.1 Å². The zero-order valence-electron chi connectivity index (χ0n) is 9.33. The van der Waals surface area contributed by atoms with Crippen LogP contribution in [0.4, 0.5) is 0 Å². The van der Waals surface area contributed by atoms with E-state index in [2.05, 4.69) is 13.5 Å². The fraction of sp³-hybridized carbons (Fsp3) is 0.300. The van der Waals surface area contributed by atoms with Crippen molar-refractivity contribution in [3.05, 3.63) is 18.2 Å². The minimum Gasteiger partial charge on any atom is -0.211 e. The molecule has 0 spiro atoms. The standard InChI is InChI=1S/C10H10N4O2S2/c11-6-1-2-7-12-18(15,16)9-5-3-4-8-10(9)14-17-13-8/h3-5,12H,1-2,7H2. The van der Waals surface area contributed by atoms with Crippen molar-refractivity contribution in [1.29, 1.82) is 5.26 Å². The Balaban J connectivity index is 2.24. The van der Waals surface area contributed by atoms with Gasteiger partial charge in [0.15, 0.2) is 0 Å². The maximum Gasteiger partial charge on any atom is 0.242 e. The van der Waals surface area contributed by atoms with E-state index in [0.717, 1.165) is 11.7 Å². The molecule has 0 fully saturated rings. The molecule has 1 heterocycles. The number of nitriles is 1. The molecule has 0 aliphatic carbocycles. The highest BCUT2D eigenvalue weighted by atomic mass is 32.2. The van der Waals surface area contributed by atoms with E-state index < -0.39 is 10.0 Å². The minimum absolute atomic E-state index is 0.130. The molecule has 0 saturated carbocycles. The van der Waals surface area contributed by atoms with Crippen molar-refractivity contribution < 1.29 is 8.42 Å². The van der Waals surface area contributed by atoms with Crippen LogP contribution in [-0.4, -0.2) is 23.7 Å². The van der Waals surface area contributed by atoms with Gasteiger partial charge in [-0.1, -0.05) is 6.07 Å². The lowest BCUT2D eigenvalue weighted by atomic mass is 10.3. The predicted molar refractivity (Wildman–Crippen MR) is 67.5 cm³/mol. The molecule has 2 rings (SSSR count). The molecule has 0 amide bonds. The summed E-state index contributed by atoms with van der Waals surface area (Å²) < 4.78 is 34.5. The zero-order chi connectivity index (χ0) is 13.0. The Hall–Kier alpha value is -1.56. The minimum atomic E-state index is -3.59. The van der Waals surface area contributed by atoms with Gasteiger partial charge in [0.05, 0.1) is 17.8 Å². The van der Waals surface area contributed by atoms with Crippen LogP contribution in [0.2, 0.25) is 0 Å². The van der Waals surface area contributed by atoms with E-state index in [1.807, 2.05) is 6.07 Å². The second kappa shape index (κ2) is 5.39. The van der Waals surface area contributed by atoms with Gasteiger partial charge in [-0.15, -0.1) is 0 Å². The molecule has 2 aromatic rings. The van der Waals surface area contributed by atoms with Gasteiger partial charge in [0.1, 0.15) is 15.9 Å². The first-order valence-electron chi connectivity index (χ1n) is 5.23. The number of nitrogens with one attached hydrogen (secondary N) is 1. The fourth-order valence-electron chi connectivity index (χ4n) is 1.45. The second-order valence-corrected chi connectivity index (χ2v) is 5.81. The van der Waals surface area contributed by atoms with Crippen LogP contribution in [0.3, 0.4) is 0 Å². The molecule has 0 saturated heterocycles. The summed E-state index contributed by atoms with van der Waals surface area (Å²) in [4.78, 5) is 0.130. The van der Waals surface area contributed by atoms with E-state index in [9.17, 15) is 8.42 Å². The molecular weight excluding hydrogens is 272 g/mol. The number of sulfonamides is 1. The molecule has 0 aliphatic rings. The number of unbranched alkanes of at least 4 members (excludes halogenated alkanes) is 1. The summed E-state index contributed by atoms with van der Waals surface area (Å²) in [6.45, 7) is 0.240. The number of hydrogen-bond donors (Lipinski definition) is 1. The molecular formula is C10H10N4O2S2. The van der Waals surface area contributed by atoms with Gasteiger partial charge in [-0.05, 0) is 18.6 Å². The van der Waals surface area contributed by atoms with Crippen molar-refractivity contribution >= 4 is 32.8 Å². The summed E-state index contributed by atoms with van der Waals surface area (Å²) in [6.07, 6.45) is 0.812. The quantitative estimate of drug-likeness (QED) is 0.833. The van der Waals surface area contributed by atoms with Gasteiger partial charge in [0.2, 0.25) is 10.0 Å². The summed E-state index contributed by atoms with van der Waals surface area (Å²) in [7, 11) is -3.59. The van der Waals surface area contributed by atoms with Gasteiger partial charge in [0, 0.05) is 13.0 Å². The Labute approximate surface area is 109 Å². The number of nitrogens with zero attached hydrogens (tertiary/aromatic N) is 3. The fourth-order valence-corrected chi connectivity index (χ4v) is 3.29. The molecule has 6 nitrogen and oxygen atoms in total. The number of benzene rings is 1.